The van der Waals surface area contributed by atoms with E-state index in [4.69, 9.17) is 14.6 Å². The zero-order valence-corrected chi connectivity index (χ0v) is 9.36. The Balaban J connectivity index is 1.72. The van der Waals surface area contributed by atoms with Crippen LogP contribution in [-0.4, -0.2) is 30.2 Å². The van der Waals surface area contributed by atoms with Crippen molar-refractivity contribution in [3.63, 3.8) is 0 Å². The Hall–Kier alpha value is -0.120. The lowest BCUT2D eigenvalue weighted by Crippen LogP contribution is -2.35. The maximum atomic E-state index is 9.03. The van der Waals surface area contributed by atoms with Crippen molar-refractivity contribution in [1.29, 1.82) is 0 Å². The number of ether oxygens (including phenoxy) is 2. The molecule has 2 fully saturated rings. The average Bonchev–Trinajstić information content (AvgIpc) is 2.31. The van der Waals surface area contributed by atoms with E-state index in [0.29, 0.717) is 6.10 Å². The first-order chi connectivity index (χ1) is 7.38. The van der Waals surface area contributed by atoms with E-state index >= 15 is 0 Å². The fourth-order valence-electron chi connectivity index (χ4n) is 2.51. The number of hydrogen-bond acceptors (Lipinski definition) is 3. The second kappa shape index (κ2) is 5.83. The van der Waals surface area contributed by atoms with Crippen LogP contribution in [0.5, 0.6) is 0 Å². The van der Waals surface area contributed by atoms with Crippen molar-refractivity contribution in [2.45, 2.75) is 69.9 Å². The predicted molar refractivity (Wildman–Crippen MR) is 57.6 cm³/mol. The lowest BCUT2D eigenvalue weighted by Gasteiger charge is -2.33. The third-order valence-corrected chi connectivity index (χ3v) is 3.41. The molecular weight excluding hydrogens is 192 g/mol. The van der Waals surface area contributed by atoms with Gasteiger partial charge in [-0.2, -0.15) is 0 Å². The van der Waals surface area contributed by atoms with Crippen molar-refractivity contribution in [2.75, 3.05) is 6.61 Å². The molecule has 0 bridgehead atoms. The van der Waals surface area contributed by atoms with Crippen molar-refractivity contribution < 1.29 is 14.6 Å². The minimum Gasteiger partial charge on any atom is -0.394 e. The maximum Gasteiger partial charge on any atom is 0.158 e. The van der Waals surface area contributed by atoms with Crippen LogP contribution in [0.1, 0.15) is 51.4 Å². The SMILES string of the molecule is OC[C@H]1CCC[C@@H](OC2CCCCC2)O1. The molecule has 0 unspecified atom stereocenters. The molecule has 0 aromatic heterocycles. The summed E-state index contributed by atoms with van der Waals surface area (Å²) in [5, 5.41) is 9.03. The molecular formula is C12H22O3. The molecule has 2 atom stereocenters. The van der Waals surface area contributed by atoms with Gasteiger partial charge in [-0.05, 0) is 32.1 Å². The second-order valence-electron chi connectivity index (χ2n) is 4.70. The fourth-order valence-corrected chi connectivity index (χ4v) is 2.51. The molecule has 1 N–H and O–H groups in total. The van der Waals surface area contributed by atoms with Crippen LogP contribution in [0.3, 0.4) is 0 Å². The highest BCUT2D eigenvalue weighted by Crippen LogP contribution is 2.26. The fraction of sp³-hybridized carbons (Fsp3) is 1.00. The van der Waals surface area contributed by atoms with Gasteiger partial charge in [0.15, 0.2) is 6.29 Å². The first kappa shape index (κ1) is 11.4. The normalized spacial score (nSPS) is 34.2. The van der Waals surface area contributed by atoms with Gasteiger partial charge >= 0.3 is 0 Å². The summed E-state index contributed by atoms with van der Waals surface area (Å²) in [5.74, 6) is 0. The summed E-state index contributed by atoms with van der Waals surface area (Å²) in [6.45, 7) is 0.129. The first-order valence-corrected chi connectivity index (χ1v) is 6.30. The van der Waals surface area contributed by atoms with Crippen molar-refractivity contribution >= 4 is 0 Å². The molecule has 1 saturated carbocycles. The highest BCUT2D eigenvalue weighted by atomic mass is 16.7. The molecule has 3 nitrogen and oxygen atoms in total. The van der Waals surface area contributed by atoms with E-state index in [2.05, 4.69) is 0 Å². The van der Waals surface area contributed by atoms with Crippen LogP contribution in [0.4, 0.5) is 0 Å². The van der Waals surface area contributed by atoms with Crippen LogP contribution in [0.25, 0.3) is 0 Å². The Labute approximate surface area is 91.8 Å². The van der Waals surface area contributed by atoms with Gasteiger partial charge in [-0.15, -0.1) is 0 Å². The number of aliphatic hydroxyl groups is 1. The summed E-state index contributed by atoms with van der Waals surface area (Å²) in [5.41, 5.74) is 0. The molecule has 88 valence electrons. The molecule has 0 amide bonds. The standard InChI is InChI=1S/C12H22O3/c13-9-11-7-4-8-12(15-11)14-10-5-2-1-3-6-10/h10-13H,1-9H2/t11-,12+/m1/s1. The van der Waals surface area contributed by atoms with Crippen LogP contribution < -0.4 is 0 Å². The van der Waals surface area contributed by atoms with E-state index in [1.54, 1.807) is 0 Å². The van der Waals surface area contributed by atoms with Crippen LogP contribution in [0.2, 0.25) is 0 Å². The third-order valence-electron chi connectivity index (χ3n) is 3.41. The lowest BCUT2D eigenvalue weighted by atomic mass is 9.97. The molecule has 0 aromatic carbocycles. The van der Waals surface area contributed by atoms with Crippen LogP contribution in [-0.2, 0) is 9.47 Å². The van der Waals surface area contributed by atoms with Crippen molar-refractivity contribution in [3.8, 4) is 0 Å². The highest BCUT2D eigenvalue weighted by Gasteiger charge is 2.25. The summed E-state index contributed by atoms with van der Waals surface area (Å²) in [6, 6.07) is 0. The van der Waals surface area contributed by atoms with Gasteiger partial charge in [0.25, 0.3) is 0 Å². The van der Waals surface area contributed by atoms with E-state index in [1.165, 1.54) is 32.1 Å². The Morgan fingerprint density at radius 3 is 2.53 bits per heavy atom. The van der Waals surface area contributed by atoms with E-state index in [0.717, 1.165) is 19.3 Å². The first-order valence-electron chi connectivity index (χ1n) is 6.30. The van der Waals surface area contributed by atoms with Crippen LogP contribution in [0, 0.1) is 0 Å². The van der Waals surface area contributed by atoms with Crippen molar-refractivity contribution in [3.05, 3.63) is 0 Å². The van der Waals surface area contributed by atoms with Gasteiger partial charge in [0.05, 0.1) is 18.8 Å². The number of aliphatic hydroxyl groups excluding tert-OH is 1. The third kappa shape index (κ3) is 3.44. The van der Waals surface area contributed by atoms with Gasteiger partial charge in [-0.3, -0.25) is 0 Å². The Morgan fingerprint density at radius 1 is 1.00 bits per heavy atom. The lowest BCUT2D eigenvalue weighted by molar-refractivity contribution is -0.224. The van der Waals surface area contributed by atoms with Gasteiger partial charge in [0.2, 0.25) is 0 Å². The van der Waals surface area contributed by atoms with Gasteiger partial charge < -0.3 is 14.6 Å². The monoisotopic (exact) mass is 214 g/mol. The molecule has 2 rings (SSSR count). The molecule has 15 heavy (non-hydrogen) atoms. The molecule has 1 aliphatic heterocycles. The van der Waals surface area contributed by atoms with Crippen molar-refractivity contribution in [2.24, 2.45) is 0 Å². The minimum absolute atomic E-state index is 0.00680. The average molecular weight is 214 g/mol. The van der Waals surface area contributed by atoms with E-state index in [9.17, 15) is 0 Å². The van der Waals surface area contributed by atoms with Crippen LogP contribution in [0.15, 0.2) is 0 Å². The summed E-state index contributed by atoms with van der Waals surface area (Å²) < 4.78 is 11.6. The molecule has 1 heterocycles. The van der Waals surface area contributed by atoms with Gasteiger partial charge in [0, 0.05) is 0 Å². The van der Waals surface area contributed by atoms with E-state index < -0.39 is 0 Å². The quantitative estimate of drug-likeness (QED) is 0.783. The Kier molecular flexibility index (Phi) is 4.42. The molecule has 0 aromatic rings. The summed E-state index contributed by atoms with van der Waals surface area (Å²) in [7, 11) is 0. The minimum atomic E-state index is -0.0565. The van der Waals surface area contributed by atoms with E-state index in [-0.39, 0.29) is 19.0 Å². The largest absolute Gasteiger partial charge is 0.394 e. The topological polar surface area (TPSA) is 38.7 Å². The maximum absolute atomic E-state index is 9.03. The summed E-state index contributed by atoms with van der Waals surface area (Å²) >= 11 is 0. The Bertz CT molecular complexity index is 178. The zero-order valence-electron chi connectivity index (χ0n) is 9.36. The molecule has 3 heteroatoms. The molecule has 2 aliphatic rings. The number of rotatable bonds is 3. The Morgan fingerprint density at radius 2 is 1.80 bits per heavy atom. The molecule has 1 aliphatic carbocycles. The smallest absolute Gasteiger partial charge is 0.158 e. The summed E-state index contributed by atoms with van der Waals surface area (Å²) in [4.78, 5) is 0. The second-order valence-corrected chi connectivity index (χ2v) is 4.70. The molecule has 0 radical (unpaired) electrons. The predicted octanol–water partition coefficient (Wildman–Crippen LogP) is 2.22. The van der Waals surface area contributed by atoms with Crippen molar-refractivity contribution in [1.82, 2.24) is 0 Å². The summed E-state index contributed by atoms with van der Waals surface area (Å²) in [6.07, 6.45) is 9.74. The molecule has 1 saturated heterocycles. The zero-order chi connectivity index (χ0) is 10.5. The van der Waals surface area contributed by atoms with Crippen LogP contribution >= 0.6 is 0 Å². The van der Waals surface area contributed by atoms with Gasteiger partial charge in [0.1, 0.15) is 0 Å². The van der Waals surface area contributed by atoms with E-state index in [1.807, 2.05) is 0 Å². The van der Waals surface area contributed by atoms with Gasteiger partial charge in [-0.1, -0.05) is 19.3 Å². The molecule has 0 spiro atoms. The van der Waals surface area contributed by atoms with Gasteiger partial charge in [-0.25, -0.2) is 0 Å². The highest BCUT2D eigenvalue weighted by molar-refractivity contribution is 4.69. The number of hydrogen-bond donors (Lipinski definition) is 1.